The quantitative estimate of drug-likeness (QED) is 0.176. The van der Waals surface area contributed by atoms with E-state index in [9.17, 15) is 18.0 Å². The maximum Gasteiger partial charge on any atom is 0.416 e. The molecule has 3 aromatic rings. The van der Waals surface area contributed by atoms with Gasteiger partial charge in [0, 0.05) is 26.1 Å². The number of nitrogens with zero attached hydrogens (tertiary/aromatic N) is 5. The lowest BCUT2D eigenvalue weighted by Gasteiger charge is -2.31. The molecule has 252 valence electrons. The maximum absolute atomic E-state index is 13.9. The van der Waals surface area contributed by atoms with Crippen LogP contribution in [0.1, 0.15) is 64.2 Å². The standard InChI is InChI=1S/C36H42F3N5O.C2H6/c1-5-33-27(4)40-34(22-15-28-11-9-8-10-12-28)44(41-33)26-35(45)43(24-23-42(6-2)7-3)25-29-13-16-30(17-14-29)31-18-20-32(21-19-31)36(37,38)39;1-2/h8-14,16-21H,4-7,15,22-26H2,1-3H3;1-2H3. The van der Waals surface area contributed by atoms with Crippen LogP contribution >= 0.6 is 0 Å². The summed E-state index contributed by atoms with van der Waals surface area (Å²) in [5.74, 6) is 0.659. The number of likely N-dealkylation sites (N-methyl/N-ethyl adjacent to an activating group) is 1. The molecular weight excluding hydrogens is 599 g/mol. The molecule has 3 aromatic carbocycles. The van der Waals surface area contributed by atoms with Crippen molar-refractivity contribution in [2.24, 2.45) is 10.1 Å². The van der Waals surface area contributed by atoms with Crippen LogP contribution in [0.3, 0.4) is 0 Å². The van der Waals surface area contributed by atoms with Gasteiger partial charge in [0.05, 0.1) is 17.0 Å². The van der Waals surface area contributed by atoms with Crippen LogP contribution in [0.5, 0.6) is 0 Å². The number of hydrogen-bond acceptors (Lipinski definition) is 5. The summed E-state index contributed by atoms with van der Waals surface area (Å²) in [5, 5.41) is 6.52. The van der Waals surface area contributed by atoms with Gasteiger partial charge in [-0.15, -0.1) is 0 Å². The molecule has 1 aliphatic heterocycles. The van der Waals surface area contributed by atoms with E-state index >= 15 is 0 Å². The smallest absolute Gasteiger partial charge is 0.335 e. The third-order valence-corrected chi connectivity index (χ3v) is 8.04. The molecule has 0 aliphatic carbocycles. The highest BCUT2D eigenvalue weighted by molar-refractivity contribution is 6.05. The van der Waals surface area contributed by atoms with Gasteiger partial charge in [0.15, 0.2) is 0 Å². The van der Waals surface area contributed by atoms with Crippen molar-refractivity contribution < 1.29 is 18.0 Å². The van der Waals surface area contributed by atoms with Crippen molar-refractivity contribution in [2.45, 2.75) is 66.6 Å². The fourth-order valence-electron chi connectivity index (χ4n) is 5.22. The van der Waals surface area contributed by atoms with E-state index in [1.165, 1.54) is 17.7 Å². The number of hydrazone groups is 1. The highest BCUT2D eigenvalue weighted by atomic mass is 19.4. The molecule has 0 fully saturated rings. The van der Waals surface area contributed by atoms with Gasteiger partial charge in [-0.25, -0.2) is 10.0 Å². The van der Waals surface area contributed by atoms with Crippen LogP contribution in [0.2, 0.25) is 0 Å². The fraction of sp³-hybridized carbons (Fsp3) is 0.395. The summed E-state index contributed by atoms with van der Waals surface area (Å²) in [6, 6.07) is 22.9. The Kier molecular flexibility index (Phi) is 14.4. The van der Waals surface area contributed by atoms with Gasteiger partial charge < -0.3 is 9.80 Å². The van der Waals surface area contributed by atoms with E-state index in [1.807, 2.05) is 68.1 Å². The van der Waals surface area contributed by atoms with E-state index in [1.54, 1.807) is 5.01 Å². The SMILES string of the molecule is C=C1N=C(CCc2ccccc2)N(CC(=O)N(CCN(CC)CC)Cc2ccc(-c3ccc(C(F)(F)F)cc3)cc2)N=C1CC.CC. The molecule has 4 rings (SSSR count). The first-order valence-electron chi connectivity index (χ1n) is 16.5. The summed E-state index contributed by atoms with van der Waals surface area (Å²) in [6.45, 7) is 17.8. The third-order valence-electron chi connectivity index (χ3n) is 8.04. The number of carbonyl (C=O) groups excluding carboxylic acids is 1. The minimum absolute atomic E-state index is 0.0618. The molecule has 1 amide bonds. The third kappa shape index (κ3) is 10.9. The number of allylic oxidation sites excluding steroid dienone is 1. The molecule has 9 heteroatoms. The molecule has 1 heterocycles. The van der Waals surface area contributed by atoms with Crippen molar-refractivity contribution in [3.63, 3.8) is 0 Å². The van der Waals surface area contributed by atoms with Crippen molar-refractivity contribution in [1.29, 1.82) is 0 Å². The zero-order valence-electron chi connectivity index (χ0n) is 28.4. The molecule has 0 unspecified atom stereocenters. The first kappa shape index (κ1) is 37.2. The second-order valence-corrected chi connectivity index (χ2v) is 11.0. The summed E-state index contributed by atoms with van der Waals surface area (Å²) < 4.78 is 39.0. The molecule has 0 atom stereocenters. The van der Waals surface area contributed by atoms with Gasteiger partial charge in [-0.3, -0.25) is 4.79 Å². The second kappa shape index (κ2) is 18.2. The minimum Gasteiger partial charge on any atom is -0.335 e. The average molecular weight is 648 g/mol. The van der Waals surface area contributed by atoms with E-state index in [0.717, 1.165) is 60.9 Å². The normalized spacial score (nSPS) is 13.1. The lowest BCUT2D eigenvalue weighted by molar-refractivity contribution is -0.137. The largest absolute Gasteiger partial charge is 0.416 e. The topological polar surface area (TPSA) is 51.5 Å². The zero-order valence-corrected chi connectivity index (χ0v) is 28.4. The molecule has 6 nitrogen and oxygen atoms in total. The summed E-state index contributed by atoms with van der Waals surface area (Å²) in [5.41, 5.74) is 4.34. The summed E-state index contributed by atoms with van der Waals surface area (Å²) >= 11 is 0. The van der Waals surface area contributed by atoms with Gasteiger partial charge in [-0.05, 0) is 60.3 Å². The van der Waals surface area contributed by atoms with Crippen molar-refractivity contribution in [3.8, 4) is 11.1 Å². The Hall–Kier alpha value is -4.24. The van der Waals surface area contributed by atoms with Gasteiger partial charge in [-0.1, -0.05) is 108 Å². The van der Waals surface area contributed by atoms with E-state index < -0.39 is 11.7 Å². The van der Waals surface area contributed by atoms with Crippen molar-refractivity contribution in [2.75, 3.05) is 32.7 Å². The Morgan fingerprint density at radius 1 is 0.809 bits per heavy atom. The Labute approximate surface area is 278 Å². The number of amides is 1. The van der Waals surface area contributed by atoms with E-state index in [2.05, 4.69) is 37.5 Å². The number of carbonyl (C=O) groups is 1. The summed E-state index contributed by atoms with van der Waals surface area (Å²) in [7, 11) is 0. The van der Waals surface area contributed by atoms with Crippen molar-refractivity contribution >= 4 is 17.5 Å². The van der Waals surface area contributed by atoms with Gasteiger partial charge in [0.25, 0.3) is 0 Å². The first-order chi connectivity index (χ1) is 22.6. The number of aliphatic imine (C=N–C) groups is 1. The van der Waals surface area contributed by atoms with Crippen molar-refractivity contribution in [3.05, 3.63) is 108 Å². The summed E-state index contributed by atoms with van der Waals surface area (Å²) in [6.07, 6.45) is -2.31. The lowest BCUT2D eigenvalue weighted by atomic mass is 10.0. The predicted octanol–water partition coefficient (Wildman–Crippen LogP) is 8.70. The minimum atomic E-state index is -4.37. The Morgan fingerprint density at radius 3 is 1.96 bits per heavy atom. The number of amidine groups is 1. The Balaban J connectivity index is 0.00000294. The maximum atomic E-state index is 13.9. The zero-order chi connectivity index (χ0) is 34.4. The lowest BCUT2D eigenvalue weighted by Crippen LogP contribution is -2.44. The van der Waals surface area contributed by atoms with Crippen LogP contribution < -0.4 is 0 Å². The summed E-state index contributed by atoms with van der Waals surface area (Å²) in [4.78, 5) is 22.8. The highest BCUT2D eigenvalue weighted by Crippen LogP contribution is 2.31. The Bertz CT molecular complexity index is 1480. The van der Waals surface area contributed by atoms with E-state index in [4.69, 9.17) is 10.1 Å². The molecule has 0 radical (unpaired) electrons. The van der Waals surface area contributed by atoms with Gasteiger partial charge in [0.2, 0.25) is 5.91 Å². The molecule has 0 saturated heterocycles. The van der Waals surface area contributed by atoms with Crippen LogP contribution in [0.25, 0.3) is 11.1 Å². The predicted molar refractivity (Wildman–Crippen MR) is 187 cm³/mol. The number of benzene rings is 3. The molecule has 0 saturated carbocycles. The fourth-order valence-corrected chi connectivity index (χ4v) is 5.22. The molecule has 47 heavy (non-hydrogen) atoms. The van der Waals surface area contributed by atoms with Crippen molar-refractivity contribution in [1.82, 2.24) is 14.8 Å². The van der Waals surface area contributed by atoms with E-state index in [-0.39, 0.29) is 12.5 Å². The average Bonchev–Trinajstić information content (AvgIpc) is 3.09. The Morgan fingerprint density at radius 2 is 1.40 bits per heavy atom. The molecule has 0 N–H and O–H groups in total. The van der Waals surface area contributed by atoms with E-state index in [0.29, 0.717) is 37.2 Å². The van der Waals surface area contributed by atoms with Gasteiger partial charge >= 0.3 is 6.18 Å². The number of aryl methyl sites for hydroxylation is 1. The monoisotopic (exact) mass is 647 g/mol. The van der Waals surface area contributed by atoms with Crippen LogP contribution in [0, 0.1) is 0 Å². The molecule has 0 bridgehead atoms. The molecular formula is C38H48F3N5O. The van der Waals surface area contributed by atoms with Crippen LogP contribution in [0.4, 0.5) is 13.2 Å². The first-order valence-corrected chi connectivity index (χ1v) is 16.5. The van der Waals surface area contributed by atoms with Gasteiger partial charge in [-0.2, -0.15) is 18.3 Å². The molecule has 0 spiro atoms. The number of halogens is 3. The number of hydrogen-bond donors (Lipinski definition) is 0. The highest BCUT2D eigenvalue weighted by Gasteiger charge is 2.30. The second-order valence-electron chi connectivity index (χ2n) is 11.0. The number of alkyl halides is 3. The molecule has 1 aliphatic rings. The van der Waals surface area contributed by atoms with Crippen LogP contribution in [-0.2, 0) is 23.9 Å². The van der Waals surface area contributed by atoms with Crippen LogP contribution in [-0.4, -0.2) is 65.0 Å². The van der Waals surface area contributed by atoms with Gasteiger partial charge in [0.1, 0.15) is 12.4 Å². The number of rotatable bonds is 14. The molecule has 0 aromatic heterocycles. The van der Waals surface area contributed by atoms with Crippen LogP contribution in [0.15, 0.2) is 101 Å².